The molecule has 0 amide bonds. The van der Waals surface area contributed by atoms with E-state index in [2.05, 4.69) is 11.9 Å². The smallest absolute Gasteiger partial charge is 0.161 e. The van der Waals surface area contributed by atoms with Gasteiger partial charge in [0.25, 0.3) is 0 Å². The first-order chi connectivity index (χ1) is 13.5. The summed E-state index contributed by atoms with van der Waals surface area (Å²) in [5, 5.41) is 11.3. The predicted octanol–water partition coefficient (Wildman–Crippen LogP) is 6.05. The Morgan fingerprint density at radius 2 is 2.07 bits per heavy atom. The number of ether oxygens (including phenoxy) is 1. The first kappa shape index (κ1) is 21.4. The van der Waals surface area contributed by atoms with E-state index in [1.165, 1.54) is 18.2 Å². The van der Waals surface area contributed by atoms with E-state index in [-0.39, 0.29) is 24.0 Å². The summed E-state index contributed by atoms with van der Waals surface area (Å²) in [6.45, 7) is 5.95. The Labute approximate surface area is 165 Å². The van der Waals surface area contributed by atoms with E-state index in [9.17, 15) is 8.78 Å². The van der Waals surface area contributed by atoms with Gasteiger partial charge < -0.3 is 10.1 Å². The third-order valence-corrected chi connectivity index (χ3v) is 4.31. The first-order valence-electron chi connectivity index (χ1n) is 9.28. The van der Waals surface area contributed by atoms with Gasteiger partial charge in [-0.2, -0.15) is 0 Å². The number of amidine groups is 1. The van der Waals surface area contributed by atoms with Gasteiger partial charge in [0.1, 0.15) is 18.3 Å². The molecule has 3 nitrogen and oxygen atoms in total. The van der Waals surface area contributed by atoms with Crippen LogP contribution in [0.2, 0.25) is 0 Å². The quantitative estimate of drug-likeness (QED) is 0.309. The Kier molecular flexibility index (Phi) is 8.40. The molecule has 0 aliphatic heterocycles. The molecular formula is C23H26F2N2O. The molecule has 1 aromatic rings. The van der Waals surface area contributed by atoms with E-state index in [0.717, 1.165) is 11.1 Å². The fraction of sp³-hybridized carbons (Fsp3) is 0.261. The molecule has 0 bridgehead atoms. The van der Waals surface area contributed by atoms with Crippen LogP contribution in [0.3, 0.4) is 0 Å². The maximum absolute atomic E-state index is 14.3. The molecule has 1 aliphatic carbocycles. The molecule has 0 unspecified atom stereocenters. The number of hydrogen-bond donors (Lipinski definition) is 2. The number of allylic oxidation sites excluding steroid dienone is 6. The van der Waals surface area contributed by atoms with Gasteiger partial charge in [0.05, 0.1) is 0 Å². The first-order valence-corrected chi connectivity index (χ1v) is 9.28. The Hall–Kier alpha value is -2.95. The van der Waals surface area contributed by atoms with Crippen LogP contribution < -0.4 is 5.32 Å². The minimum atomic E-state index is -0.439. The van der Waals surface area contributed by atoms with E-state index in [1.807, 2.05) is 30.3 Å². The predicted molar refractivity (Wildman–Crippen MR) is 110 cm³/mol. The largest absolute Gasteiger partial charge is 0.485 e. The lowest BCUT2D eigenvalue weighted by Gasteiger charge is -2.20. The van der Waals surface area contributed by atoms with Gasteiger partial charge in [0.2, 0.25) is 0 Å². The molecule has 1 aliphatic rings. The summed E-state index contributed by atoms with van der Waals surface area (Å²) < 4.78 is 33.4. The molecule has 0 radical (unpaired) electrons. The minimum Gasteiger partial charge on any atom is -0.485 e. The van der Waals surface area contributed by atoms with Crippen molar-refractivity contribution in [3.63, 3.8) is 0 Å². The highest BCUT2D eigenvalue weighted by Gasteiger charge is 2.21. The summed E-state index contributed by atoms with van der Waals surface area (Å²) in [6, 6.07) is 9.50. The summed E-state index contributed by atoms with van der Waals surface area (Å²) in [4.78, 5) is 0. The van der Waals surface area contributed by atoms with Crippen molar-refractivity contribution >= 4 is 5.84 Å². The van der Waals surface area contributed by atoms with Crippen molar-refractivity contribution in [2.75, 3.05) is 6.54 Å². The van der Waals surface area contributed by atoms with Crippen LogP contribution in [-0.2, 0) is 11.3 Å². The zero-order valence-corrected chi connectivity index (χ0v) is 16.1. The van der Waals surface area contributed by atoms with E-state index < -0.39 is 5.83 Å². The molecule has 148 valence electrons. The number of hydrogen-bond acceptors (Lipinski definition) is 2. The van der Waals surface area contributed by atoms with E-state index in [0.29, 0.717) is 31.4 Å². The van der Waals surface area contributed by atoms with Crippen molar-refractivity contribution in [3.05, 3.63) is 95.3 Å². The zero-order valence-electron chi connectivity index (χ0n) is 16.1. The van der Waals surface area contributed by atoms with Gasteiger partial charge in [-0.25, -0.2) is 8.78 Å². The van der Waals surface area contributed by atoms with Crippen LogP contribution in [-0.4, -0.2) is 12.4 Å². The van der Waals surface area contributed by atoms with Crippen molar-refractivity contribution < 1.29 is 13.5 Å². The van der Waals surface area contributed by atoms with E-state index in [4.69, 9.17) is 10.1 Å². The monoisotopic (exact) mass is 384 g/mol. The van der Waals surface area contributed by atoms with E-state index >= 15 is 0 Å². The minimum absolute atomic E-state index is 0.118. The van der Waals surface area contributed by atoms with Crippen LogP contribution in [0.4, 0.5) is 8.78 Å². The number of halogens is 2. The van der Waals surface area contributed by atoms with Crippen LogP contribution in [0.15, 0.2) is 89.8 Å². The zero-order chi connectivity index (χ0) is 20.4. The van der Waals surface area contributed by atoms with Gasteiger partial charge in [0.15, 0.2) is 11.6 Å². The summed E-state index contributed by atoms with van der Waals surface area (Å²) in [5.74, 6) is -0.525. The van der Waals surface area contributed by atoms with Crippen LogP contribution in [0.1, 0.15) is 31.7 Å². The molecular weight excluding hydrogens is 358 g/mol. The molecule has 0 saturated heterocycles. The number of rotatable bonds is 9. The third-order valence-electron chi connectivity index (χ3n) is 4.31. The van der Waals surface area contributed by atoms with Gasteiger partial charge in [-0.05, 0) is 49.5 Å². The van der Waals surface area contributed by atoms with Crippen LogP contribution in [0, 0.1) is 5.41 Å². The van der Waals surface area contributed by atoms with Gasteiger partial charge in [-0.1, -0.05) is 49.1 Å². The van der Waals surface area contributed by atoms with Gasteiger partial charge in [-0.15, -0.1) is 0 Å². The summed E-state index contributed by atoms with van der Waals surface area (Å²) in [7, 11) is 0. The molecule has 0 spiro atoms. The van der Waals surface area contributed by atoms with Crippen molar-refractivity contribution in [2.45, 2.75) is 32.8 Å². The van der Waals surface area contributed by atoms with Gasteiger partial charge in [-0.3, -0.25) is 5.41 Å². The van der Waals surface area contributed by atoms with Gasteiger partial charge >= 0.3 is 0 Å². The molecule has 0 aromatic heterocycles. The lowest BCUT2D eigenvalue weighted by atomic mass is 10.0. The van der Waals surface area contributed by atoms with Crippen molar-refractivity contribution in [1.82, 2.24) is 5.32 Å². The second-order valence-electron chi connectivity index (χ2n) is 6.32. The van der Waals surface area contributed by atoms with Crippen molar-refractivity contribution in [3.8, 4) is 0 Å². The molecule has 0 heterocycles. The Balaban J connectivity index is 2.02. The molecule has 28 heavy (non-hydrogen) atoms. The fourth-order valence-corrected chi connectivity index (χ4v) is 2.75. The average molecular weight is 384 g/mol. The van der Waals surface area contributed by atoms with E-state index in [1.54, 1.807) is 13.0 Å². The number of nitrogens with one attached hydrogen (secondary N) is 2. The number of benzene rings is 1. The fourth-order valence-electron chi connectivity index (χ4n) is 2.75. The van der Waals surface area contributed by atoms with Gasteiger partial charge in [0, 0.05) is 12.1 Å². The van der Waals surface area contributed by atoms with Crippen LogP contribution in [0.25, 0.3) is 0 Å². The topological polar surface area (TPSA) is 45.1 Å². The molecule has 2 N–H and O–H groups in total. The second kappa shape index (κ2) is 11.0. The molecule has 0 fully saturated rings. The van der Waals surface area contributed by atoms with Crippen molar-refractivity contribution in [1.29, 1.82) is 5.41 Å². The summed E-state index contributed by atoms with van der Waals surface area (Å²) >= 11 is 0. The lowest BCUT2D eigenvalue weighted by molar-refractivity contribution is 0.191. The third kappa shape index (κ3) is 6.34. The SMILES string of the molecule is C=C/C(=C\C(F)=C/C)CCNC(=N)C1=C(OCc2ccccc2)C(F)=CCC1. The Morgan fingerprint density at radius 1 is 1.32 bits per heavy atom. The Morgan fingerprint density at radius 3 is 2.75 bits per heavy atom. The maximum Gasteiger partial charge on any atom is 0.161 e. The van der Waals surface area contributed by atoms with Crippen LogP contribution in [0.5, 0.6) is 0 Å². The lowest BCUT2D eigenvalue weighted by Crippen LogP contribution is -2.27. The molecule has 1 aromatic carbocycles. The standard InChI is InChI=1S/C23H26F2N2O/c1-3-17(15-19(24)4-2)13-14-27-23(26)20-11-8-12-21(25)22(20)28-16-18-9-6-5-7-10-18/h3-7,9-10,12,15H,1,8,11,13-14,16H2,2H3,(H2,26,27)/b17-15+,19-4+. The highest BCUT2D eigenvalue weighted by Crippen LogP contribution is 2.28. The average Bonchev–Trinajstić information content (AvgIpc) is 2.72. The second-order valence-corrected chi connectivity index (χ2v) is 6.32. The highest BCUT2D eigenvalue weighted by atomic mass is 19.1. The summed E-state index contributed by atoms with van der Waals surface area (Å²) in [5.41, 5.74) is 2.17. The summed E-state index contributed by atoms with van der Waals surface area (Å²) in [6.07, 6.45) is 7.40. The van der Waals surface area contributed by atoms with Crippen LogP contribution >= 0.6 is 0 Å². The highest BCUT2D eigenvalue weighted by molar-refractivity contribution is 5.97. The van der Waals surface area contributed by atoms with Crippen molar-refractivity contribution in [2.24, 2.45) is 0 Å². The molecule has 0 atom stereocenters. The molecule has 2 rings (SSSR count). The normalized spacial score (nSPS) is 15.2. The Bertz CT molecular complexity index is 820. The maximum atomic E-state index is 14.3. The molecule has 5 heteroatoms. The molecule has 0 saturated carbocycles.